The first kappa shape index (κ1) is 14.7. The number of carboxylic acids is 1. The Bertz CT molecular complexity index is 488. The van der Waals surface area contributed by atoms with Crippen molar-refractivity contribution < 1.29 is 14.7 Å². The first-order chi connectivity index (χ1) is 9.08. The SMILES string of the molecule is CCCC[C@@H](NC(=O)c1ccc(C#N)cc1)C(=O)O. The predicted octanol–water partition coefficient (Wildman–Crippen LogP) is 1.93. The molecule has 0 radical (unpaired) electrons. The highest BCUT2D eigenvalue weighted by Crippen LogP contribution is 2.06. The van der Waals surface area contributed by atoms with E-state index in [4.69, 9.17) is 10.4 Å². The number of hydrogen-bond acceptors (Lipinski definition) is 3. The predicted molar refractivity (Wildman–Crippen MR) is 69.6 cm³/mol. The van der Waals surface area contributed by atoms with Crippen LogP contribution in [-0.4, -0.2) is 23.0 Å². The van der Waals surface area contributed by atoms with Crippen molar-refractivity contribution >= 4 is 11.9 Å². The number of carboxylic acid groups (broad SMARTS) is 1. The largest absolute Gasteiger partial charge is 0.480 e. The average Bonchev–Trinajstić information content (AvgIpc) is 2.43. The lowest BCUT2D eigenvalue weighted by molar-refractivity contribution is -0.139. The van der Waals surface area contributed by atoms with Crippen LogP contribution in [0.25, 0.3) is 0 Å². The quantitative estimate of drug-likeness (QED) is 0.817. The van der Waals surface area contributed by atoms with Crippen LogP contribution in [0.3, 0.4) is 0 Å². The number of carbonyl (C=O) groups is 2. The third-order valence-corrected chi connectivity index (χ3v) is 2.73. The topological polar surface area (TPSA) is 90.2 Å². The molecule has 0 saturated heterocycles. The highest BCUT2D eigenvalue weighted by molar-refractivity contribution is 5.96. The Labute approximate surface area is 111 Å². The van der Waals surface area contributed by atoms with Crippen LogP contribution >= 0.6 is 0 Å². The normalized spacial score (nSPS) is 11.4. The molecule has 5 nitrogen and oxygen atoms in total. The summed E-state index contributed by atoms with van der Waals surface area (Å²) >= 11 is 0. The molecule has 1 rings (SSSR count). The summed E-state index contributed by atoms with van der Waals surface area (Å²) in [5.74, 6) is -1.47. The second-order valence-corrected chi connectivity index (χ2v) is 4.20. The third kappa shape index (κ3) is 4.43. The van der Waals surface area contributed by atoms with Gasteiger partial charge in [-0.05, 0) is 30.7 Å². The first-order valence-corrected chi connectivity index (χ1v) is 6.12. The number of nitrogens with one attached hydrogen (secondary N) is 1. The lowest BCUT2D eigenvalue weighted by Crippen LogP contribution is -2.40. The van der Waals surface area contributed by atoms with Crippen LogP contribution in [0.1, 0.15) is 42.1 Å². The monoisotopic (exact) mass is 260 g/mol. The van der Waals surface area contributed by atoms with Crippen molar-refractivity contribution in [2.75, 3.05) is 0 Å². The van der Waals surface area contributed by atoms with E-state index in [0.29, 0.717) is 17.5 Å². The Kier molecular flexibility index (Phi) is 5.55. The van der Waals surface area contributed by atoms with E-state index in [9.17, 15) is 9.59 Å². The molecule has 0 aliphatic carbocycles. The van der Waals surface area contributed by atoms with Gasteiger partial charge in [0.1, 0.15) is 6.04 Å². The molecule has 2 N–H and O–H groups in total. The second-order valence-electron chi connectivity index (χ2n) is 4.20. The molecule has 0 spiro atoms. The maximum Gasteiger partial charge on any atom is 0.326 e. The molecule has 100 valence electrons. The minimum Gasteiger partial charge on any atom is -0.480 e. The number of nitrogens with zero attached hydrogens (tertiary/aromatic N) is 1. The summed E-state index contributed by atoms with van der Waals surface area (Å²) < 4.78 is 0. The van der Waals surface area contributed by atoms with Gasteiger partial charge in [0.15, 0.2) is 0 Å². The molecular weight excluding hydrogens is 244 g/mol. The second kappa shape index (κ2) is 7.17. The fourth-order valence-electron chi connectivity index (χ4n) is 1.60. The first-order valence-electron chi connectivity index (χ1n) is 6.12. The fraction of sp³-hybridized carbons (Fsp3) is 0.357. The molecule has 0 aliphatic rings. The Balaban J connectivity index is 2.70. The highest BCUT2D eigenvalue weighted by Gasteiger charge is 2.19. The summed E-state index contributed by atoms with van der Waals surface area (Å²) in [6.45, 7) is 1.96. The minimum absolute atomic E-state index is 0.349. The fourth-order valence-corrected chi connectivity index (χ4v) is 1.60. The lowest BCUT2D eigenvalue weighted by atomic mass is 10.1. The van der Waals surface area contributed by atoms with E-state index in [0.717, 1.165) is 12.8 Å². The molecule has 1 aromatic carbocycles. The van der Waals surface area contributed by atoms with Crippen molar-refractivity contribution in [3.63, 3.8) is 0 Å². The van der Waals surface area contributed by atoms with Crippen LogP contribution in [0, 0.1) is 11.3 Å². The average molecular weight is 260 g/mol. The maximum absolute atomic E-state index is 11.9. The summed E-state index contributed by atoms with van der Waals surface area (Å²) in [7, 11) is 0. The molecule has 0 aliphatic heterocycles. The molecule has 1 atom stereocenters. The summed E-state index contributed by atoms with van der Waals surface area (Å²) in [6.07, 6.45) is 2.02. The van der Waals surface area contributed by atoms with E-state index in [1.165, 1.54) is 24.3 Å². The summed E-state index contributed by atoms with van der Waals surface area (Å²) in [6, 6.07) is 7.14. The molecular formula is C14H16N2O3. The van der Waals surface area contributed by atoms with Gasteiger partial charge in [0.2, 0.25) is 0 Å². The number of aliphatic carboxylic acids is 1. The van der Waals surface area contributed by atoms with E-state index in [1.807, 2.05) is 13.0 Å². The number of benzene rings is 1. The van der Waals surface area contributed by atoms with Gasteiger partial charge in [-0.1, -0.05) is 19.8 Å². The number of nitriles is 1. The number of carbonyl (C=O) groups excluding carboxylic acids is 1. The van der Waals surface area contributed by atoms with Crippen molar-refractivity contribution in [2.24, 2.45) is 0 Å². The van der Waals surface area contributed by atoms with Crippen LogP contribution in [0.5, 0.6) is 0 Å². The van der Waals surface area contributed by atoms with Crippen molar-refractivity contribution in [2.45, 2.75) is 32.2 Å². The van der Waals surface area contributed by atoms with Crippen LogP contribution < -0.4 is 5.32 Å². The molecule has 0 heterocycles. The van der Waals surface area contributed by atoms with Crippen LogP contribution in [0.2, 0.25) is 0 Å². The van der Waals surface area contributed by atoms with Crippen molar-refractivity contribution in [1.29, 1.82) is 5.26 Å². The molecule has 0 saturated carbocycles. The highest BCUT2D eigenvalue weighted by atomic mass is 16.4. The maximum atomic E-state index is 11.9. The van der Waals surface area contributed by atoms with Gasteiger partial charge in [-0.2, -0.15) is 5.26 Å². The van der Waals surface area contributed by atoms with E-state index >= 15 is 0 Å². The van der Waals surface area contributed by atoms with E-state index in [-0.39, 0.29) is 0 Å². The third-order valence-electron chi connectivity index (χ3n) is 2.73. The number of hydrogen-bond donors (Lipinski definition) is 2. The Morgan fingerprint density at radius 1 is 1.37 bits per heavy atom. The molecule has 1 amide bonds. The van der Waals surface area contributed by atoms with Crippen molar-refractivity contribution in [3.05, 3.63) is 35.4 Å². The van der Waals surface area contributed by atoms with E-state index < -0.39 is 17.9 Å². The molecule has 0 aromatic heterocycles. The van der Waals surface area contributed by atoms with Crippen LogP contribution in [0.4, 0.5) is 0 Å². The zero-order valence-corrected chi connectivity index (χ0v) is 10.7. The Morgan fingerprint density at radius 2 is 2.00 bits per heavy atom. The van der Waals surface area contributed by atoms with Gasteiger partial charge < -0.3 is 10.4 Å². The minimum atomic E-state index is -1.03. The van der Waals surface area contributed by atoms with Gasteiger partial charge in [0, 0.05) is 5.56 Å². The molecule has 5 heteroatoms. The van der Waals surface area contributed by atoms with Gasteiger partial charge in [-0.15, -0.1) is 0 Å². The Hall–Kier alpha value is -2.35. The van der Waals surface area contributed by atoms with Gasteiger partial charge in [0.05, 0.1) is 11.6 Å². The summed E-state index contributed by atoms with van der Waals surface area (Å²) in [5.41, 5.74) is 0.805. The molecule has 1 aromatic rings. The number of unbranched alkanes of at least 4 members (excludes halogenated alkanes) is 1. The van der Waals surface area contributed by atoms with Gasteiger partial charge in [-0.3, -0.25) is 4.79 Å². The van der Waals surface area contributed by atoms with Crippen molar-refractivity contribution in [1.82, 2.24) is 5.32 Å². The molecule has 0 unspecified atom stereocenters. The van der Waals surface area contributed by atoms with E-state index in [2.05, 4.69) is 5.32 Å². The number of rotatable bonds is 6. The smallest absolute Gasteiger partial charge is 0.326 e. The zero-order valence-electron chi connectivity index (χ0n) is 10.7. The molecule has 0 bridgehead atoms. The molecule has 0 fully saturated rings. The zero-order chi connectivity index (χ0) is 14.3. The van der Waals surface area contributed by atoms with Crippen LogP contribution in [0.15, 0.2) is 24.3 Å². The van der Waals surface area contributed by atoms with Crippen molar-refractivity contribution in [3.8, 4) is 6.07 Å². The Morgan fingerprint density at radius 3 is 2.47 bits per heavy atom. The number of amides is 1. The standard InChI is InChI=1S/C14H16N2O3/c1-2-3-4-12(14(18)19)16-13(17)11-7-5-10(9-15)6-8-11/h5-8,12H,2-4H2,1H3,(H,16,17)(H,18,19)/t12-/m1/s1. The van der Waals surface area contributed by atoms with Crippen LogP contribution in [-0.2, 0) is 4.79 Å². The van der Waals surface area contributed by atoms with Gasteiger partial charge in [0.25, 0.3) is 5.91 Å². The molecule has 19 heavy (non-hydrogen) atoms. The van der Waals surface area contributed by atoms with Gasteiger partial charge in [-0.25, -0.2) is 4.79 Å². The van der Waals surface area contributed by atoms with E-state index in [1.54, 1.807) is 0 Å². The lowest BCUT2D eigenvalue weighted by Gasteiger charge is -2.14. The summed E-state index contributed by atoms with van der Waals surface area (Å²) in [4.78, 5) is 22.9. The summed E-state index contributed by atoms with van der Waals surface area (Å²) in [5, 5.41) is 20.2. The van der Waals surface area contributed by atoms with Gasteiger partial charge >= 0.3 is 5.97 Å².